The molecule has 1 N–H and O–H groups in total. The molecule has 0 aliphatic heterocycles. The normalized spacial score (nSPS) is 11.8. The van der Waals surface area contributed by atoms with Crippen molar-refractivity contribution in [3.05, 3.63) is 89.9 Å². The highest BCUT2D eigenvalue weighted by Gasteiger charge is 2.16. The molecule has 0 atom stereocenters. The number of aryl methyl sites for hydroxylation is 3. The van der Waals surface area contributed by atoms with Gasteiger partial charge in [0, 0.05) is 25.7 Å². The third kappa shape index (κ3) is 5.23. The summed E-state index contributed by atoms with van der Waals surface area (Å²) in [5.41, 5.74) is 3.99. The number of fused-ring (bicyclic) bond motifs is 1. The highest BCUT2D eigenvalue weighted by Crippen LogP contribution is 2.16. The molecule has 0 spiro atoms. The highest BCUT2D eigenvalue weighted by atomic mass is 32.2. The zero-order valence-electron chi connectivity index (χ0n) is 18.2. The van der Waals surface area contributed by atoms with E-state index in [-0.39, 0.29) is 11.4 Å². The Morgan fingerprint density at radius 3 is 2.38 bits per heavy atom. The van der Waals surface area contributed by atoms with E-state index in [9.17, 15) is 8.42 Å². The van der Waals surface area contributed by atoms with Crippen LogP contribution in [-0.2, 0) is 35.8 Å². The van der Waals surface area contributed by atoms with E-state index in [0.717, 1.165) is 48.2 Å². The minimum absolute atomic E-state index is 0.263. The molecular weight excluding hydrogens is 420 g/mol. The van der Waals surface area contributed by atoms with Gasteiger partial charge in [-0.15, -0.1) is 0 Å². The molecule has 2 heterocycles. The second kappa shape index (κ2) is 10.1. The Hall–Kier alpha value is -3.03. The number of pyridine rings is 1. The van der Waals surface area contributed by atoms with Gasteiger partial charge in [-0.2, -0.15) is 0 Å². The lowest BCUT2D eigenvalue weighted by Crippen LogP contribution is -2.28. The van der Waals surface area contributed by atoms with Crippen molar-refractivity contribution in [2.45, 2.75) is 44.0 Å². The van der Waals surface area contributed by atoms with Crippen molar-refractivity contribution in [1.82, 2.24) is 19.3 Å². The van der Waals surface area contributed by atoms with Crippen molar-refractivity contribution in [3.8, 4) is 0 Å². The summed E-state index contributed by atoms with van der Waals surface area (Å²) in [4.78, 5) is 9.52. The molecule has 0 aliphatic carbocycles. The lowest BCUT2D eigenvalue weighted by molar-refractivity contribution is 0.570. The molecule has 0 radical (unpaired) electrons. The number of hydrogen-bond donors (Lipinski definition) is 1. The van der Waals surface area contributed by atoms with E-state index >= 15 is 0 Å². The van der Waals surface area contributed by atoms with E-state index in [1.165, 1.54) is 5.56 Å². The van der Waals surface area contributed by atoms with Crippen LogP contribution in [-0.4, -0.2) is 29.5 Å². The van der Waals surface area contributed by atoms with Gasteiger partial charge in [-0.3, -0.25) is 0 Å². The lowest BCUT2D eigenvalue weighted by atomic mass is 10.1. The second-order valence-electron chi connectivity index (χ2n) is 7.80. The Balaban J connectivity index is 1.47. The van der Waals surface area contributed by atoms with Crippen LogP contribution in [0.2, 0.25) is 0 Å². The van der Waals surface area contributed by atoms with Gasteiger partial charge in [0.15, 0.2) is 5.65 Å². The maximum absolute atomic E-state index is 12.7. The molecule has 7 heteroatoms. The Morgan fingerprint density at radius 2 is 1.62 bits per heavy atom. The van der Waals surface area contributed by atoms with Gasteiger partial charge < -0.3 is 4.57 Å². The van der Waals surface area contributed by atoms with Gasteiger partial charge in [0.1, 0.15) is 11.3 Å². The number of benzene rings is 2. The zero-order valence-corrected chi connectivity index (χ0v) is 19.1. The molecule has 4 rings (SSSR count). The smallest absolute Gasteiger partial charge is 0.240 e. The molecule has 0 unspecified atom stereocenters. The first-order valence-electron chi connectivity index (χ1n) is 11.0. The summed E-state index contributed by atoms with van der Waals surface area (Å²) < 4.78 is 30.2. The number of sulfonamides is 1. The Labute approximate surface area is 189 Å². The molecular formula is C25H28N4O2S. The number of nitrogens with one attached hydrogen (secondary N) is 1. The van der Waals surface area contributed by atoms with Crippen LogP contribution in [0.3, 0.4) is 0 Å². The summed E-state index contributed by atoms with van der Waals surface area (Å²) in [5.74, 6) is 0.908. The van der Waals surface area contributed by atoms with E-state index in [1.54, 1.807) is 18.3 Å². The van der Waals surface area contributed by atoms with Crippen LogP contribution in [0.15, 0.2) is 77.8 Å². The second-order valence-corrected chi connectivity index (χ2v) is 9.57. The first-order valence-corrected chi connectivity index (χ1v) is 12.5. The van der Waals surface area contributed by atoms with Gasteiger partial charge in [0.25, 0.3) is 0 Å². The van der Waals surface area contributed by atoms with Gasteiger partial charge in [-0.05, 0) is 48.2 Å². The van der Waals surface area contributed by atoms with Crippen LogP contribution in [0.25, 0.3) is 11.2 Å². The van der Waals surface area contributed by atoms with E-state index < -0.39 is 10.0 Å². The molecule has 2 aromatic carbocycles. The summed E-state index contributed by atoms with van der Waals surface area (Å²) >= 11 is 0. The largest absolute Gasteiger partial charge is 0.311 e. The van der Waals surface area contributed by atoms with Crippen LogP contribution in [0, 0.1) is 0 Å². The van der Waals surface area contributed by atoms with Crippen LogP contribution >= 0.6 is 0 Å². The molecule has 6 nitrogen and oxygen atoms in total. The maximum Gasteiger partial charge on any atom is 0.240 e. The van der Waals surface area contributed by atoms with Crippen molar-refractivity contribution in [2.24, 2.45) is 0 Å². The van der Waals surface area contributed by atoms with Crippen LogP contribution in [0.4, 0.5) is 0 Å². The highest BCUT2D eigenvalue weighted by molar-refractivity contribution is 7.89. The van der Waals surface area contributed by atoms with Gasteiger partial charge in [-0.25, -0.2) is 23.1 Å². The summed E-state index contributed by atoms with van der Waals surface area (Å²) in [5, 5.41) is 0. The van der Waals surface area contributed by atoms with E-state index in [2.05, 4.69) is 28.8 Å². The van der Waals surface area contributed by atoms with Gasteiger partial charge in [-0.1, -0.05) is 55.8 Å². The van der Waals surface area contributed by atoms with E-state index in [0.29, 0.717) is 6.54 Å². The quantitative estimate of drug-likeness (QED) is 0.395. The van der Waals surface area contributed by atoms with Crippen molar-refractivity contribution < 1.29 is 8.42 Å². The Bertz CT molecular complexity index is 1270. The third-order valence-corrected chi connectivity index (χ3v) is 6.94. The van der Waals surface area contributed by atoms with Crippen LogP contribution in [0.5, 0.6) is 0 Å². The topological polar surface area (TPSA) is 76.9 Å². The van der Waals surface area contributed by atoms with E-state index in [1.807, 2.05) is 47.0 Å². The average Bonchev–Trinajstić information content (AvgIpc) is 3.16. The lowest BCUT2D eigenvalue weighted by Gasteiger charge is -2.11. The van der Waals surface area contributed by atoms with Gasteiger partial charge in [0.05, 0.1) is 4.90 Å². The van der Waals surface area contributed by atoms with Gasteiger partial charge in [0.2, 0.25) is 10.0 Å². The molecule has 0 aliphatic rings. The molecule has 32 heavy (non-hydrogen) atoms. The molecule has 0 amide bonds. The number of nitrogens with zero attached hydrogens (tertiary/aromatic N) is 3. The Kier molecular flexibility index (Phi) is 6.97. The molecule has 0 saturated heterocycles. The molecule has 0 fully saturated rings. The minimum Gasteiger partial charge on any atom is -0.311 e. The Morgan fingerprint density at radius 1 is 0.875 bits per heavy atom. The van der Waals surface area contributed by atoms with Crippen molar-refractivity contribution in [2.75, 3.05) is 6.54 Å². The summed E-state index contributed by atoms with van der Waals surface area (Å²) in [6.07, 6.45) is 5.33. The van der Waals surface area contributed by atoms with Crippen LogP contribution < -0.4 is 4.72 Å². The van der Waals surface area contributed by atoms with Crippen molar-refractivity contribution >= 4 is 21.2 Å². The first-order chi connectivity index (χ1) is 15.6. The van der Waals surface area contributed by atoms with Crippen molar-refractivity contribution in [1.29, 1.82) is 0 Å². The first kappa shape index (κ1) is 22.2. The number of hydrogen-bond acceptors (Lipinski definition) is 4. The van der Waals surface area contributed by atoms with Crippen LogP contribution in [0.1, 0.15) is 30.3 Å². The minimum atomic E-state index is -3.57. The fraction of sp³-hybridized carbons (Fsp3) is 0.280. The predicted octanol–water partition coefficient (Wildman–Crippen LogP) is 4.15. The molecule has 4 aromatic rings. The third-order valence-electron chi connectivity index (χ3n) is 5.46. The monoisotopic (exact) mass is 448 g/mol. The number of imidazole rings is 1. The van der Waals surface area contributed by atoms with Crippen molar-refractivity contribution in [3.63, 3.8) is 0 Å². The number of rotatable bonds is 10. The number of aromatic nitrogens is 3. The average molecular weight is 449 g/mol. The maximum atomic E-state index is 12.7. The van der Waals surface area contributed by atoms with Gasteiger partial charge >= 0.3 is 0 Å². The molecule has 0 saturated carbocycles. The summed E-state index contributed by atoms with van der Waals surface area (Å²) in [7, 11) is -3.57. The molecule has 2 aromatic heterocycles. The van der Waals surface area contributed by atoms with E-state index in [4.69, 9.17) is 4.98 Å². The fourth-order valence-corrected chi connectivity index (χ4v) is 4.85. The fourth-order valence-electron chi connectivity index (χ4n) is 3.83. The summed E-state index contributed by atoms with van der Waals surface area (Å²) in [6, 6.07) is 21.2. The molecule has 0 bridgehead atoms. The molecule has 166 valence electrons. The summed E-state index contributed by atoms with van der Waals surface area (Å²) in [6.45, 7) is 2.83. The zero-order chi connectivity index (χ0) is 22.4. The predicted molar refractivity (Wildman–Crippen MR) is 127 cm³/mol. The SMILES string of the molecule is CCCc1ccc(S(=O)(=O)NCCn2c(CCc3ccccc3)nc3cccnc32)cc1. The standard InChI is InChI=1S/C25H28N4O2S/c1-2-7-20-11-14-22(15-12-20)32(30,31)27-18-19-29-24(16-13-21-8-4-3-5-9-21)28-23-10-6-17-26-25(23)29/h3-6,8-12,14-15,17,27H,2,7,13,16,18-19H2,1H3.